The fourth-order valence-corrected chi connectivity index (χ4v) is 1.21. The molecular weight excluding hydrogens is 193 g/mol. The van der Waals surface area contributed by atoms with Crippen LogP contribution in [0.25, 0.3) is 11.0 Å². The van der Waals surface area contributed by atoms with Crippen LogP contribution in [-0.2, 0) is 0 Å². The number of fused-ring (bicyclic) bond motifs is 1. The average molecular weight is 197 g/mol. The zero-order valence-corrected chi connectivity index (χ0v) is 7.11. The number of hydrogen-bond donors (Lipinski definition) is 2. The van der Waals surface area contributed by atoms with Crippen molar-refractivity contribution in [2.45, 2.75) is 0 Å². The summed E-state index contributed by atoms with van der Waals surface area (Å²) in [5.41, 5.74) is -0.152. The highest BCUT2D eigenvalue weighted by Crippen LogP contribution is 2.03. The Bertz CT molecular complexity index is 574. The Morgan fingerprint density at radius 2 is 2.23 bits per heavy atom. The summed E-state index contributed by atoms with van der Waals surface area (Å²) >= 11 is 4.71. The van der Waals surface area contributed by atoms with Gasteiger partial charge in [0.25, 0.3) is 5.56 Å². The number of pyridine rings is 1. The molecule has 0 fully saturated rings. The van der Waals surface area contributed by atoms with Gasteiger partial charge in [0.05, 0.1) is 11.6 Å². The minimum atomic E-state index is -0.552. The summed E-state index contributed by atoms with van der Waals surface area (Å²) in [7, 11) is 0. The molecule has 2 rings (SSSR count). The maximum Gasteiger partial charge on any atom is 0.261 e. The first kappa shape index (κ1) is 8.06. The van der Waals surface area contributed by atoms with E-state index in [-0.39, 0.29) is 15.8 Å². The van der Waals surface area contributed by atoms with E-state index in [0.717, 1.165) is 12.3 Å². The van der Waals surface area contributed by atoms with Gasteiger partial charge < -0.3 is 4.98 Å². The van der Waals surface area contributed by atoms with Crippen LogP contribution in [0.3, 0.4) is 0 Å². The van der Waals surface area contributed by atoms with Crippen LogP contribution in [0.4, 0.5) is 4.39 Å². The van der Waals surface area contributed by atoms with Gasteiger partial charge in [-0.05, 0) is 18.3 Å². The van der Waals surface area contributed by atoms with Crippen molar-refractivity contribution in [2.75, 3.05) is 0 Å². The van der Waals surface area contributed by atoms with Gasteiger partial charge in [-0.3, -0.25) is 9.78 Å². The molecule has 2 aromatic heterocycles. The Balaban J connectivity index is 3.04. The van der Waals surface area contributed by atoms with E-state index in [9.17, 15) is 9.18 Å². The maximum atomic E-state index is 12.7. The number of rotatable bonds is 0. The van der Waals surface area contributed by atoms with E-state index in [1.165, 1.54) is 0 Å². The summed E-state index contributed by atoms with van der Waals surface area (Å²) in [6, 6.07) is 1.10. The minimum absolute atomic E-state index is 0.161. The molecule has 0 bridgehead atoms. The summed E-state index contributed by atoms with van der Waals surface area (Å²) in [6.45, 7) is 0. The second-order valence-electron chi connectivity index (χ2n) is 2.46. The zero-order chi connectivity index (χ0) is 9.42. The molecule has 4 nitrogen and oxygen atoms in total. The van der Waals surface area contributed by atoms with E-state index in [1.54, 1.807) is 0 Å². The van der Waals surface area contributed by atoms with Crippen LogP contribution in [0, 0.1) is 10.6 Å². The molecule has 0 atom stereocenters. The van der Waals surface area contributed by atoms with Gasteiger partial charge in [0.2, 0.25) is 0 Å². The van der Waals surface area contributed by atoms with Gasteiger partial charge in [0.1, 0.15) is 11.5 Å². The molecule has 2 heterocycles. The fourth-order valence-electron chi connectivity index (χ4n) is 1.02. The van der Waals surface area contributed by atoms with Crippen molar-refractivity contribution in [1.29, 1.82) is 0 Å². The third-order valence-electron chi connectivity index (χ3n) is 1.56. The number of aromatic nitrogens is 3. The van der Waals surface area contributed by atoms with Gasteiger partial charge >= 0.3 is 0 Å². The van der Waals surface area contributed by atoms with Gasteiger partial charge in [-0.25, -0.2) is 9.37 Å². The number of halogens is 1. The third kappa shape index (κ3) is 1.35. The first-order chi connectivity index (χ1) is 6.16. The Morgan fingerprint density at radius 3 is 3.00 bits per heavy atom. The van der Waals surface area contributed by atoms with E-state index < -0.39 is 11.4 Å². The van der Waals surface area contributed by atoms with Crippen LogP contribution in [0.5, 0.6) is 0 Å². The Morgan fingerprint density at radius 1 is 1.46 bits per heavy atom. The van der Waals surface area contributed by atoms with Crippen LogP contribution in [0.2, 0.25) is 0 Å². The summed E-state index contributed by atoms with van der Waals surface area (Å²) in [4.78, 5) is 19.9. The van der Waals surface area contributed by atoms with Gasteiger partial charge in [0.15, 0.2) is 4.77 Å². The van der Waals surface area contributed by atoms with Gasteiger partial charge in [-0.1, -0.05) is 0 Å². The van der Waals surface area contributed by atoms with Crippen LogP contribution >= 0.6 is 12.2 Å². The van der Waals surface area contributed by atoms with Crippen molar-refractivity contribution in [1.82, 2.24) is 15.0 Å². The standard InChI is InChI=1S/C7H4FN3OS/c8-3-1-4-5(9-2-3)10-7(13)11-6(4)12/h1-2H,(H2,9,10,11,12,13). The second-order valence-corrected chi connectivity index (χ2v) is 2.87. The highest BCUT2D eigenvalue weighted by molar-refractivity contribution is 7.71. The van der Waals surface area contributed by atoms with E-state index in [0.29, 0.717) is 0 Å². The molecule has 0 saturated carbocycles. The quantitative estimate of drug-likeness (QED) is 0.622. The molecule has 0 aliphatic rings. The van der Waals surface area contributed by atoms with E-state index >= 15 is 0 Å². The summed E-state index contributed by atoms with van der Waals surface area (Å²) < 4.78 is 12.8. The predicted octanol–water partition coefficient (Wildman–Crippen LogP) is 1.12. The van der Waals surface area contributed by atoms with E-state index in [1.807, 2.05) is 0 Å². The number of nitrogens with one attached hydrogen (secondary N) is 2. The van der Waals surface area contributed by atoms with Crippen LogP contribution in [-0.4, -0.2) is 15.0 Å². The highest BCUT2D eigenvalue weighted by atomic mass is 32.1. The molecule has 0 aromatic carbocycles. The van der Waals surface area contributed by atoms with E-state index in [4.69, 9.17) is 12.2 Å². The lowest BCUT2D eigenvalue weighted by Crippen LogP contribution is -2.08. The lowest BCUT2D eigenvalue weighted by molar-refractivity contribution is 0.623. The predicted molar refractivity (Wildman–Crippen MR) is 47.5 cm³/mol. The Hall–Kier alpha value is -1.56. The number of H-pyrrole nitrogens is 2. The highest BCUT2D eigenvalue weighted by Gasteiger charge is 2.01. The maximum absolute atomic E-state index is 12.7. The smallest absolute Gasteiger partial charge is 0.261 e. The molecule has 0 spiro atoms. The van der Waals surface area contributed by atoms with E-state index in [2.05, 4.69) is 15.0 Å². The first-order valence-corrected chi connectivity index (χ1v) is 3.85. The van der Waals surface area contributed by atoms with Gasteiger partial charge in [0, 0.05) is 0 Å². The molecule has 0 saturated heterocycles. The monoisotopic (exact) mass is 197 g/mol. The van der Waals surface area contributed by atoms with Crippen LogP contribution in [0.15, 0.2) is 17.1 Å². The number of nitrogens with zero attached hydrogens (tertiary/aromatic N) is 1. The molecule has 2 N–H and O–H groups in total. The number of hydrogen-bond acceptors (Lipinski definition) is 3. The lowest BCUT2D eigenvalue weighted by Gasteiger charge is -1.94. The van der Waals surface area contributed by atoms with Crippen LogP contribution in [0.1, 0.15) is 0 Å². The topological polar surface area (TPSA) is 61.5 Å². The molecule has 0 unspecified atom stereocenters. The molecule has 0 aliphatic heterocycles. The van der Waals surface area contributed by atoms with Crippen molar-refractivity contribution < 1.29 is 4.39 Å². The van der Waals surface area contributed by atoms with Crippen molar-refractivity contribution in [3.63, 3.8) is 0 Å². The van der Waals surface area contributed by atoms with Crippen molar-refractivity contribution >= 4 is 23.3 Å². The Labute approximate surface area is 76.5 Å². The normalized spacial score (nSPS) is 10.5. The molecule has 0 amide bonds. The van der Waals surface area contributed by atoms with Crippen LogP contribution < -0.4 is 5.56 Å². The second kappa shape index (κ2) is 2.74. The minimum Gasteiger partial charge on any atom is -0.316 e. The summed E-state index contributed by atoms with van der Waals surface area (Å²) in [5, 5.41) is 0.161. The number of aromatic amines is 2. The third-order valence-corrected chi connectivity index (χ3v) is 1.76. The molecule has 2 aromatic rings. The van der Waals surface area contributed by atoms with Crippen molar-refractivity contribution in [3.8, 4) is 0 Å². The summed E-state index contributed by atoms with van der Waals surface area (Å²) in [6.07, 6.45) is 1.02. The molecule has 0 radical (unpaired) electrons. The zero-order valence-electron chi connectivity index (χ0n) is 6.30. The molecule has 0 aliphatic carbocycles. The fraction of sp³-hybridized carbons (Fsp3) is 0. The molecule has 6 heteroatoms. The lowest BCUT2D eigenvalue weighted by atomic mass is 10.3. The van der Waals surface area contributed by atoms with Gasteiger partial charge in [-0.15, -0.1) is 0 Å². The molecular formula is C7H4FN3OS. The largest absolute Gasteiger partial charge is 0.316 e. The average Bonchev–Trinajstić information content (AvgIpc) is 2.06. The molecule has 13 heavy (non-hydrogen) atoms. The summed E-state index contributed by atoms with van der Waals surface area (Å²) in [5.74, 6) is -0.552. The Kier molecular flexibility index (Phi) is 1.70. The SMILES string of the molecule is O=c1[nH]c(=S)[nH]c2ncc(F)cc12. The van der Waals surface area contributed by atoms with Gasteiger partial charge in [-0.2, -0.15) is 0 Å². The molecule has 66 valence electrons. The van der Waals surface area contributed by atoms with Crippen molar-refractivity contribution in [2.24, 2.45) is 0 Å². The van der Waals surface area contributed by atoms with Crippen molar-refractivity contribution in [3.05, 3.63) is 33.2 Å². The first-order valence-electron chi connectivity index (χ1n) is 3.45.